The summed E-state index contributed by atoms with van der Waals surface area (Å²) in [5.74, 6) is -0.316. The third-order valence-corrected chi connectivity index (χ3v) is 7.17. The fraction of sp³-hybridized carbons (Fsp3) is 0.682. The number of aliphatic hydroxyl groups is 1. The molecule has 0 bridgehead atoms. The van der Waals surface area contributed by atoms with Gasteiger partial charge in [-0.2, -0.15) is 13.2 Å². The van der Waals surface area contributed by atoms with Crippen LogP contribution in [0, 0.1) is 8.99 Å². The number of alkyl halides is 3. The van der Waals surface area contributed by atoms with Gasteiger partial charge in [-0.3, -0.25) is 4.79 Å². The van der Waals surface area contributed by atoms with Crippen molar-refractivity contribution in [2.45, 2.75) is 76.4 Å². The molecule has 31 heavy (non-hydrogen) atoms. The van der Waals surface area contributed by atoms with Gasteiger partial charge in [0.15, 0.2) is 0 Å². The van der Waals surface area contributed by atoms with Gasteiger partial charge in [-0.15, -0.1) is 0 Å². The van der Waals surface area contributed by atoms with Crippen molar-refractivity contribution in [1.29, 1.82) is 0 Å². The highest BCUT2D eigenvalue weighted by Crippen LogP contribution is 2.47. The van der Waals surface area contributed by atoms with Gasteiger partial charge in [-0.05, 0) is 92.3 Å². The molecule has 2 fully saturated rings. The van der Waals surface area contributed by atoms with Crippen LogP contribution in [0.15, 0.2) is 18.2 Å². The molecule has 1 aromatic carbocycles. The summed E-state index contributed by atoms with van der Waals surface area (Å²) in [5, 5.41) is 17.3. The number of rotatable bonds is 6. The van der Waals surface area contributed by atoms with Gasteiger partial charge >= 0.3 is 6.18 Å². The highest BCUT2D eigenvalue weighted by atomic mass is 127. The second-order valence-corrected chi connectivity index (χ2v) is 10.4. The molecule has 1 aliphatic carbocycles. The van der Waals surface area contributed by atoms with E-state index in [9.17, 15) is 23.1 Å². The second-order valence-electron chi connectivity index (χ2n) is 9.16. The zero-order valence-electron chi connectivity index (χ0n) is 17.8. The third-order valence-electron chi connectivity index (χ3n) is 6.55. The minimum absolute atomic E-state index is 0.0192. The number of ether oxygens (including phenoxy) is 1. The molecule has 1 heterocycles. The maximum Gasteiger partial charge on any atom is 0.416 e. The Kier molecular flexibility index (Phi) is 7.60. The molecular formula is C22H30F3IN2O3. The number of hydrogen-bond donors (Lipinski definition) is 3. The molecule has 2 aliphatic rings. The van der Waals surface area contributed by atoms with Gasteiger partial charge in [0.05, 0.1) is 16.6 Å². The summed E-state index contributed by atoms with van der Waals surface area (Å²) in [6.45, 7) is 4.69. The molecule has 3 rings (SSSR count). The molecule has 5 nitrogen and oxygen atoms in total. The van der Waals surface area contributed by atoms with Crippen LogP contribution in [0.4, 0.5) is 13.2 Å². The zero-order chi connectivity index (χ0) is 22.9. The normalized spacial score (nSPS) is 25.6. The Hall–Kier alpha value is -0.910. The van der Waals surface area contributed by atoms with Crippen molar-refractivity contribution < 1.29 is 27.8 Å². The van der Waals surface area contributed by atoms with E-state index in [1.807, 2.05) is 22.6 Å². The number of nitrogens with one attached hydrogen (secondary N) is 2. The first-order valence-corrected chi connectivity index (χ1v) is 11.7. The smallest absolute Gasteiger partial charge is 0.389 e. The highest BCUT2D eigenvalue weighted by Gasteiger charge is 2.54. The summed E-state index contributed by atoms with van der Waals surface area (Å²) in [6.07, 6.45) is -0.832. The Balaban J connectivity index is 1.69. The van der Waals surface area contributed by atoms with E-state index in [1.54, 1.807) is 19.9 Å². The van der Waals surface area contributed by atoms with Crippen LogP contribution >= 0.6 is 22.6 Å². The van der Waals surface area contributed by atoms with Gasteiger partial charge in [-0.1, -0.05) is 0 Å². The molecule has 1 aromatic rings. The first-order valence-electron chi connectivity index (χ1n) is 10.6. The van der Waals surface area contributed by atoms with Crippen molar-refractivity contribution in [3.63, 3.8) is 0 Å². The number of hydrogen-bond acceptors (Lipinski definition) is 4. The van der Waals surface area contributed by atoms with Crippen LogP contribution < -0.4 is 10.6 Å². The molecule has 174 valence electrons. The standard InChI is InChI=1S/C22H30F3IN2O3/c1-20(2,30)21(6-3-18(12-21)28-17-4-7-31-8-5-17)19(29)27-13-14-9-15(22(23,24)25)11-16(26)10-14/h9-11,17-18,28,30H,3-8,12-13H2,1-2H3,(H,27,29)/t18?,21-/m1/s1. The molecule has 1 saturated carbocycles. The predicted octanol–water partition coefficient (Wildman–Crippen LogP) is 4.00. The van der Waals surface area contributed by atoms with E-state index in [4.69, 9.17) is 4.74 Å². The molecule has 1 saturated heterocycles. The average Bonchev–Trinajstić information content (AvgIpc) is 3.11. The van der Waals surface area contributed by atoms with E-state index >= 15 is 0 Å². The first kappa shape index (κ1) is 24.7. The van der Waals surface area contributed by atoms with E-state index in [0.29, 0.717) is 28.0 Å². The minimum Gasteiger partial charge on any atom is -0.389 e. The summed E-state index contributed by atoms with van der Waals surface area (Å²) in [7, 11) is 0. The highest BCUT2D eigenvalue weighted by molar-refractivity contribution is 14.1. The van der Waals surface area contributed by atoms with Crippen LogP contribution in [0.5, 0.6) is 0 Å². The molecule has 1 unspecified atom stereocenters. The molecule has 1 aliphatic heterocycles. The summed E-state index contributed by atoms with van der Waals surface area (Å²) in [4.78, 5) is 13.2. The molecule has 0 spiro atoms. The molecule has 2 atom stereocenters. The Labute approximate surface area is 194 Å². The van der Waals surface area contributed by atoms with Crippen molar-refractivity contribution in [2.75, 3.05) is 13.2 Å². The molecule has 0 radical (unpaired) electrons. The fourth-order valence-electron chi connectivity index (χ4n) is 4.69. The number of carbonyl (C=O) groups is 1. The van der Waals surface area contributed by atoms with E-state index in [-0.39, 0.29) is 18.5 Å². The Bertz CT molecular complexity index is 791. The van der Waals surface area contributed by atoms with Crippen LogP contribution in [0.1, 0.15) is 57.1 Å². The topological polar surface area (TPSA) is 70.6 Å². The number of halogens is 4. The maximum atomic E-state index is 13.2. The lowest BCUT2D eigenvalue weighted by Crippen LogP contribution is -2.53. The van der Waals surface area contributed by atoms with Gasteiger partial charge < -0.3 is 20.5 Å². The zero-order valence-corrected chi connectivity index (χ0v) is 20.0. The summed E-state index contributed by atoms with van der Waals surface area (Å²) in [6, 6.07) is 4.20. The summed E-state index contributed by atoms with van der Waals surface area (Å²) >= 11 is 1.84. The molecule has 1 amide bonds. The fourth-order valence-corrected chi connectivity index (χ4v) is 5.43. The largest absolute Gasteiger partial charge is 0.416 e. The monoisotopic (exact) mass is 554 g/mol. The van der Waals surface area contributed by atoms with Gasteiger partial charge in [-0.25, -0.2) is 0 Å². The molecule has 3 N–H and O–H groups in total. The third kappa shape index (κ3) is 5.91. The van der Waals surface area contributed by atoms with E-state index in [2.05, 4.69) is 10.6 Å². The van der Waals surface area contributed by atoms with Crippen LogP contribution in [-0.4, -0.2) is 41.9 Å². The molecule has 9 heteroatoms. The summed E-state index contributed by atoms with van der Waals surface area (Å²) in [5.41, 5.74) is -2.61. The summed E-state index contributed by atoms with van der Waals surface area (Å²) < 4.78 is 45.2. The van der Waals surface area contributed by atoms with Crippen molar-refractivity contribution in [2.24, 2.45) is 5.41 Å². The minimum atomic E-state index is -4.44. The van der Waals surface area contributed by atoms with Crippen LogP contribution in [0.25, 0.3) is 0 Å². The van der Waals surface area contributed by atoms with Crippen LogP contribution in [-0.2, 0) is 22.3 Å². The van der Waals surface area contributed by atoms with E-state index < -0.39 is 22.8 Å². The number of benzene rings is 1. The van der Waals surface area contributed by atoms with Gasteiger partial charge in [0, 0.05) is 35.4 Å². The first-order chi connectivity index (χ1) is 14.4. The predicted molar refractivity (Wildman–Crippen MR) is 119 cm³/mol. The second kappa shape index (κ2) is 9.52. The van der Waals surface area contributed by atoms with E-state index in [0.717, 1.165) is 44.6 Å². The number of carbonyl (C=O) groups excluding carboxylic acids is 1. The lowest BCUT2D eigenvalue weighted by Gasteiger charge is -2.39. The molecular weight excluding hydrogens is 524 g/mol. The van der Waals surface area contributed by atoms with Crippen molar-refractivity contribution >= 4 is 28.5 Å². The number of amides is 1. The van der Waals surface area contributed by atoms with Gasteiger partial charge in [0.2, 0.25) is 5.91 Å². The van der Waals surface area contributed by atoms with Gasteiger partial charge in [0.1, 0.15) is 0 Å². The van der Waals surface area contributed by atoms with Gasteiger partial charge in [0.25, 0.3) is 0 Å². The Morgan fingerprint density at radius 3 is 2.48 bits per heavy atom. The lowest BCUT2D eigenvalue weighted by atomic mass is 9.71. The maximum absolute atomic E-state index is 13.2. The quantitative estimate of drug-likeness (QED) is 0.466. The van der Waals surface area contributed by atoms with E-state index in [1.165, 1.54) is 0 Å². The lowest BCUT2D eigenvalue weighted by molar-refractivity contribution is -0.146. The Morgan fingerprint density at radius 1 is 1.19 bits per heavy atom. The van der Waals surface area contributed by atoms with Crippen LogP contribution in [0.3, 0.4) is 0 Å². The van der Waals surface area contributed by atoms with Crippen molar-refractivity contribution in [3.8, 4) is 0 Å². The van der Waals surface area contributed by atoms with Crippen molar-refractivity contribution in [1.82, 2.24) is 10.6 Å². The van der Waals surface area contributed by atoms with Crippen LogP contribution in [0.2, 0.25) is 0 Å². The molecule has 0 aromatic heterocycles. The average molecular weight is 554 g/mol. The SMILES string of the molecule is CC(C)(O)[C@]1(C(=O)NCc2cc(I)cc(C(F)(F)F)c2)CCC(NC2CCOCC2)C1. The Morgan fingerprint density at radius 2 is 1.87 bits per heavy atom. The van der Waals surface area contributed by atoms with Crippen molar-refractivity contribution in [3.05, 3.63) is 32.9 Å².